The van der Waals surface area contributed by atoms with E-state index in [0.717, 1.165) is 13.0 Å². The first-order valence-corrected chi connectivity index (χ1v) is 5.05. The van der Waals surface area contributed by atoms with Crippen LogP contribution in [0.15, 0.2) is 29.3 Å². The number of guanidine groups is 1. The second-order valence-corrected chi connectivity index (χ2v) is 3.61. The van der Waals surface area contributed by atoms with E-state index in [1.807, 2.05) is 18.1 Å². The van der Waals surface area contributed by atoms with E-state index in [4.69, 9.17) is 5.73 Å². The third-order valence-electron chi connectivity index (χ3n) is 2.79. The number of anilines is 1. The Balaban J connectivity index is 2.28. The number of hydrogen-bond donors (Lipinski definition) is 1. The van der Waals surface area contributed by atoms with Gasteiger partial charge in [0.15, 0.2) is 0 Å². The Bertz CT molecular complexity index is 386. The van der Waals surface area contributed by atoms with E-state index in [-0.39, 0.29) is 0 Å². The van der Waals surface area contributed by atoms with Gasteiger partial charge in [0.25, 0.3) is 0 Å². The molecule has 0 amide bonds. The van der Waals surface area contributed by atoms with E-state index in [9.17, 15) is 0 Å². The average Bonchev–Trinajstić information content (AvgIpc) is 2.70. The van der Waals surface area contributed by atoms with Crippen molar-refractivity contribution in [3.05, 3.63) is 29.8 Å². The van der Waals surface area contributed by atoms with E-state index in [1.54, 1.807) is 7.05 Å². The Morgan fingerprint density at radius 3 is 2.93 bits per heavy atom. The van der Waals surface area contributed by atoms with Gasteiger partial charge in [-0.1, -0.05) is 18.2 Å². The molecule has 1 aromatic carbocycles. The van der Waals surface area contributed by atoms with Gasteiger partial charge in [0, 0.05) is 20.6 Å². The second-order valence-electron chi connectivity index (χ2n) is 3.61. The van der Waals surface area contributed by atoms with Crippen molar-refractivity contribution in [1.29, 1.82) is 0 Å². The number of hydrogen-bond acceptors (Lipinski definition) is 2. The van der Waals surface area contributed by atoms with Crippen molar-refractivity contribution in [2.75, 3.05) is 25.6 Å². The summed E-state index contributed by atoms with van der Waals surface area (Å²) in [6.45, 7) is 0.964. The zero-order valence-corrected chi connectivity index (χ0v) is 9.14. The van der Waals surface area contributed by atoms with Crippen molar-refractivity contribution in [1.82, 2.24) is 5.01 Å². The van der Waals surface area contributed by atoms with Gasteiger partial charge in [-0.15, -0.1) is 0 Å². The first kappa shape index (κ1) is 9.83. The van der Waals surface area contributed by atoms with Crippen molar-refractivity contribution in [3.8, 4) is 0 Å². The van der Waals surface area contributed by atoms with Crippen LogP contribution in [0.2, 0.25) is 0 Å². The largest absolute Gasteiger partial charge is 0.368 e. The SMILES string of the molecule is CN=C(N)N(C)N1CCc2ccccc21. The predicted molar refractivity (Wildman–Crippen MR) is 62.8 cm³/mol. The maximum atomic E-state index is 5.79. The Morgan fingerprint density at radius 2 is 2.20 bits per heavy atom. The normalized spacial score (nSPS) is 15.3. The summed E-state index contributed by atoms with van der Waals surface area (Å²) in [6.07, 6.45) is 1.07. The van der Waals surface area contributed by atoms with Gasteiger partial charge in [-0.3, -0.25) is 15.0 Å². The number of benzene rings is 1. The van der Waals surface area contributed by atoms with Gasteiger partial charge < -0.3 is 5.73 Å². The lowest BCUT2D eigenvalue weighted by atomic mass is 10.2. The lowest BCUT2D eigenvalue weighted by molar-refractivity contribution is 0.464. The minimum Gasteiger partial charge on any atom is -0.368 e. The minimum atomic E-state index is 0.534. The fraction of sp³-hybridized carbons (Fsp3) is 0.364. The van der Waals surface area contributed by atoms with Crippen molar-refractivity contribution < 1.29 is 0 Å². The van der Waals surface area contributed by atoms with Gasteiger partial charge in [-0.05, 0) is 18.1 Å². The van der Waals surface area contributed by atoms with Crippen LogP contribution in [0.3, 0.4) is 0 Å². The molecule has 0 saturated heterocycles. The molecule has 4 heteroatoms. The number of fused-ring (bicyclic) bond motifs is 1. The molecular formula is C11H16N4. The maximum absolute atomic E-state index is 5.79. The predicted octanol–water partition coefficient (Wildman–Crippen LogP) is 0.840. The molecule has 0 unspecified atom stereocenters. The van der Waals surface area contributed by atoms with Crippen LogP contribution in [-0.2, 0) is 6.42 Å². The monoisotopic (exact) mass is 204 g/mol. The molecule has 4 nitrogen and oxygen atoms in total. The number of aliphatic imine (C=N–C) groups is 1. The summed E-state index contributed by atoms with van der Waals surface area (Å²) >= 11 is 0. The highest BCUT2D eigenvalue weighted by Gasteiger charge is 2.22. The molecule has 0 aromatic heterocycles. The van der Waals surface area contributed by atoms with Crippen molar-refractivity contribution in [2.24, 2.45) is 10.7 Å². The fourth-order valence-corrected chi connectivity index (χ4v) is 1.90. The Hall–Kier alpha value is -1.71. The molecule has 1 aliphatic rings. The lowest BCUT2D eigenvalue weighted by Gasteiger charge is -2.30. The molecule has 80 valence electrons. The summed E-state index contributed by atoms with van der Waals surface area (Å²) in [6, 6.07) is 8.38. The first-order chi connectivity index (χ1) is 7.24. The zero-order chi connectivity index (χ0) is 10.8. The number of rotatable bonds is 1. The van der Waals surface area contributed by atoms with Gasteiger partial charge in [0.2, 0.25) is 5.96 Å². The van der Waals surface area contributed by atoms with E-state index < -0.39 is 0 Å². The second kappa shape index (κ2) is 3.81. The number of nitrogens with zero attached hydrogens (tertiary/aromatic N) is 3. The standard InChI is InChI=1S/C11H16N4/c1-13-11(12)14(2)15-8-7-9-5-3-4-6-10(9)15/h3-6H,7-8H2,1-2H3,(H2,12,13). The van der Waals surface area contributed by atoms with Crippen molar-refractivity contribution >= 4 is 11.6 Å². The van der Waals surface area contributed by atoms with E-state index in [0.29, 0.717) is 5.96 Å². The average molecular weight is 204 g/mol. The smallest absolute Gasteiger partial charge is 0.209 e. The van der Waals surface area contributed by atoms with Crippen LogP contribution in [0, 0.1) is 0 Å². The molecule has 0 radical (unpaired) electrons. The van der Waals surface area contributed by atoms with Crippen LogP contribution in [0.25, 0.3) is 0 Å². The quantitative estimate of drug-likeness (QED) is 0.544. The number of hydrazine groups is 1. The summed E-state index contributed by atoms with van der Waals surface area (Å²) in [7, 11) is 3.64. The summed E-state index contributed by atoms with van der Waals surface area (Å²) in [5, 5.41) is 4.05. The van der Waals surface area contributed by atoms with Gasteiger partial charge in [-0.2, -0.15) is 0 Å². The van der Waals surface area contributed by atoms with Crippen LogP contribution in [-0.4, -0.2) is 31.6 Å². The maximum Gasteiger partial charge on any atom is 0.209 e. The Kier molecular flexibility index (Phi) is 2.49. The minimum absolute atomic E-state index is 0.534. The molecule has 0 bridgehead atoms. The van der Waals surface area contributed by atoms with Crippen LogP contribution < -0.4 is 10.7 Å². The molecule has 1 aliphatic heterocycles. The molecule has 1 heterocycles. The zero-order valence-electron chi connectivity index (χ0n) is 9.14. The highest BCUT2D eigenvalue weighted by Crippen LogP contribution is 2.27. The van der Waals surface area contributed by atoms with Crippen molar-refractivity contribution in [2.45, 2.75) is 6.42 Å². The van der Waals surface area contributed by atoms with Gasteiger partial charge in [0.1, 0.15) is 0 Å². The van der Waals surface area contributed by atoms with Crippen LogP contribution in [0.5, 0.6) is 0 Å². The number of nitrogens with two attached hydrogens (primary N) is 1. The van der Waals surface area contributed by atoms with Gasteiger partial charge in [0.05, 0.1) is 5.69 Å². The fourth-order valence-electron chi connectivity index (χ4n) is 1.90. The van der Waals surface area contributed by atoms with E-state index in [1.165, 1.54) is 11.3 Å². The molecule has 0 spiro atoms. The van der Waals surface area contributed by atoms with Crippen molar-refractivity contribution in [3.63, 3.8) is 0 Å². The highest BCUT2D eigenvalue weighted by molar-refractivity contribution is 5.80. The summed E-state index contributed by atoms with van der Waals surface area (Å²) in [5.41, 5.74) is 8.38. The molecule has 2 rings (SSSR count). The van der Waals surface area contributed by atoms with Crippen LogP contribution in [0.4, 0.5) is 5.69 Å². The van der Waals surface area contributed by atoms with Crippen LogP contribution >= 0.6 is 0 Å². The molecule has 1 aromatic rings. The molecule has 15 heavy (non-hydrogen) atoms. The van der Waals surface area contributed by atoms with Gasteiger partial charge >= 0.3 is 0 Å². The Labute approximate surface area is 90.0 Å². The third kappa shape index (κ3) is 1.63. The number of para-hydroxylation sites is 1. The molecule has 0 fully saturated rings. The molecule has 2 N–H and O–H groups in total. The van der Waals surface area contributed by atoms with E-state index >= 15 is 0 Å². The summed E-state index contributed by atoms with van der Waals surface area (Å²) in [5.74, 6) is 0.534. The van der Waals surface area contributed by atoms with Crippen LogP contribution in [0.1, 0.15) is 5.56 Å². The Morgan fingerprint density at radius 1 is 1.47 bits per heavy atom. The highest BCUT2D eigenvalue weighted by atomic mass is 15.6. The molecular weight excluding hydrogens is 188 g/mol. The molecule has 0 aliphatic carbocycles. The molecule has 0 atom stereocenters. The summed E-state index contributed by atoms with van der Waals surface area (Å²) < 4.78 is 0. The van der Waals surface area contributed by atoms with E-state index in [2.05, 4.69) is 28.2 Å². The lowest BCUT2D eigenvalue weighted by Crippen LogP contribution is -2.46. The first-order valence-electron chi connectivity index (χ1n) is 5.05. The summed E-state index contributed by atoms with van der Waals surface area (Å²) in [4.78, 5) is 3.98. The molecule has 0 saturated carbocycles. The van der Waals surface area contributed by atoms with Gasteiger partial charge in [-0.25, -0.2) is 0 Å². The third-order valence-corrected chi connectivity index (χ3v) is 2.79. The topological polar surface area (TPSA) is 44.9 Å².